The van der Waals surface area contributed by atoms with Gasteiger partial charge in [-0.1, -0.05) is 23.2 Å². The average molecular weight is 718 g/mol. The van der Waals surface area contributed by atoms with Gasteiger partial charge >= 0.3 is 18.0 Å². The third-order valence-corrected chi connectivity index (χ3v) is 7.40. The zero-order valence-corrected chi connectivity index (χ0v) is 26.8. The van der Waals surface area contributed by atoms with Gasteiger partial charge in [0.05, 0.1) is 18.1 Å². The van der Waals surface area contributed by atoms with Crippen molar-refractivity contribution < 1.29 is 36.3 Å². The first-order valence-electron chi connectivity index (χ1n) is 14.0. The summed E-state index contributed by atoms with van der Waals surface area (Å²) in [7, 11) is 0. The van der Waals surface area contributed by atoms with Crippen LogP contribution in [0.3, 0.4) is 0 Å². The Kier molecular flexibility index (Phi) is 9.26. The Labute approximate surface area is 278 Å². The van der Waals surface area contributed by atoms with Crippen molar-refractivity contribution in [2.24, 2.45) is 0 Å². The minimum atomic E-state index is -5.24. The molecule has 1 aromatic carbocycles. The second-order valence-corrected chi connectivity index (χ2v) is 12.5. The Morgan fingerprint density at radius 2 is 1.77 bits per heavy atom. The maximum absolute atomic E-state index is 14.5. The van der Waals surface area contributed by atoms with Crippen molar-refractivity contribution >= 4 is 35.2 Å². The normalized spacial score (nSPS) is 16.7. The van der Waals surface area contributed by atoms with E-state index in [9.17, 15) is 36.3 Å². The zero-order valence-electron chi connectivity index (χ0n) is 25.3. The first-order valence-corrected chi connectivity index (χ1v) is 14.8. The molecule has 1 fully saturated rings. The molecule has 2 unspecified atom stereocenters. The molecule has 256 valence electrons. The standard InChI is InChI=1S/C28H26Cl2F5N9O4/c1-26(2,3)48-25(47)42-13-27(31,32)20(42)23(45)38-18(28(33,34)35)11-41-21(15-6-8-16(29)9-7-15)40-43(24(41)46)12-19-37-14-44(39-19)22-17(30)5-4-10-36-22/h4-10,14,18,20H,11-13H2,1-3H3,(H,38,45). The van der Waals surface area contributed by atoms with E-state index in [4.69, 9.17) is 27.9 Å². The first-order chi connectivity index (χ1) is 22.3. The topological polar surface area (TPSA) is 142 Å². The lowest BCUT2D eigenvalue weighted by Gasteiger charge is -2.46. The van der Waals surface area contributed by atoms with Gasteiger partial charge in [0.1, 0.15) is 24.5 Å². The molecular formula is C28H26Cl2F5N9O4. The summed E-state index contributed by atoms with van der Waals surface area (Å²) in [6.07, 6.45) is -3.82. The third-order valence-electron chi connectivity index (χ3n) is 6.86. The van der Waals surface area contributed by atoms with E-state index in [2.05, 4.69) is 20.2 Å². The Balaban J connectivity index is 1.46. The maximum Gasteiger partial charge on any atom is 0.411 e. The van der Waals surface area contributed by atoms with Crippen LogP contribution in [0, 0.1) is 0 Å². The average Bonchev–Trinajstić information content (AvgIpc) is 3.55. The third kappa shape index (κ3) is 7.43. The molecule has 0 saturated carbocycles. The van der Waals surface area contributed by atoms with E-state index in [0.29, 0.717) is 9.47 Å². The molecule has 20 heteroatoms. The van der Waals surface area contributed by atoms with Crippen molar-refractivity contribution in [2.45, 2.75) is 63.6 Å². The molecule has 1 aliphatic rings. The van der Waals surface area contributed by atoms with Crippen molar-refractivity contribution in [3.63, 3.8) is 0 Å². The summed E-state index contributed by atoms with van der Waals surface area (Å²) in [5, 5.41) is 10.5. The molecule has 0 aliphatic carbocycles. The Bertz CT molecular complexity index is 1890. The van der Waals surface area contributed by atoms with Crippen LogP contribution in [0.5, 0.6) is 0 Å². The maximum atomic E-state index is 14.5. The van der Waals surface area contributed by atoms with Gasteiger partial charge in [-0.2, -0.15) is 13.2 Å². The summed E-state index contributed by atoms with van der Waals surface area (Å²) >= 11 is 12.1. The molecule has 4 aromatic rings. The molecule has 0 bridgehead atoms. The van der Waals surface area contributed by atoms with Crippen molar-refractivity contribution in [1.29, 1.82) is 0 Å². The summed E-state index contributed by atoms with van der Waals surface area (Å²) in [6, 6.07) is 3.33. The minimum Gasteiger partial charge on any atom is -0.444 e. The zero-order chi connectivity index (χ0) is 35.2. The molecule has 1 saturated heterocycles. The number of nitrogens with zero attached hydrogens (tertiary/aromatic N) is 8. The van der Waals surface area contributed by atoms with Gasteiger partial charge in [-0.25, -0.2) is 37.7 Å². The molecule has 3 aromatic heterocycles. The fourth-order valence-electron chi connectivity index (χ4n) is 4.68. The number of hydrogen-bond acceptors (Lipinski definition) is 8. The predicted octanol–water partition coefficient (Wildman–Crippen LogP) is 4.34. The highest BCUT2D eigenvalue weighted by Crippen LogP contribution is 2.37. The fourth-order valence-corrected chi connectivity index (χ4v) is 5.02. The fraction of sp³-hybridized carbons (Fsp3) is 0.393. The molecule has 0 spiro atoms. The second kappa shape index (κ2) is 12.8. The van der Waals surface area contributed by atoms with Gasteiger partial charge in [-0.3, -0.25) is 14.3 Å². The number of rotatable bonds is 8. The lowest BCUT2D eigenvalue weighted by atomic mass is 9.97. The van der Waals surface area contributed by atoms with E-state index >= 15 is 0 Å². The van der Waals surface area contributed by atoms with E-state index in [1.54, 1.807) is 17.4 Å². The smallest absolute Gasteiger partial charge is 0.411 e. The van der Waals surface area contributed by atoms with Gasteiger partial charge in [0.25, 0.3) is 5.92 Å². The summed E-state index contributed by atoms with van der Waals surface area (Å²) in [5.74, 6) is -5.67. The lowest BCUT2D eigenvalue weighted by Crippen LogP contribution is -2.73. The molecule has 2 atom stereocenters. The number of hydrogen-bond donors (Lipinski definition) is 1. The van der Waals surface area contributed by atoms with Crippen LogP contribution in [-0.4, -0.2) is 87.3 Å². The van der Waals surface area contributed by atoms with E-state index in [1.807, 2.05) is 0 Å². The lowest BCUT2D eigenvalue weighted by molar-refractivity contribution is -0.193. The Hall–Kier alpha value is -4.58. The van der Waals surface area contributed by atoms with Crippen molar-refractivity contribution in [2.75, 3.05) is 6.54 Å². The number of likely N-dealkylation sites (tertiary alicyclic amines) is 1. The monoisotopic (exact) mass is 717 g/mol. The van der Waals surface area contributed by atoms with Crippen molar-refractivity contribution in [3.8, 4) is 17.2 Å². The van der Waals surface area contributed by atoms with Gasteiger partial charge in [0.2, 0.25) is 5.91 Å². The molecule has 1 aliphatic heterocycles. The Morgan fingerprint density at radius 3 is 2.38 bits per heavy atom. The van der Waals surface area contributed by atoms with Crippen LogP contribution < -0.4 is 11.0 Å². The number of ether oxygens (including phenoxy) is 1. The number of nitrogens with one attached hydrogen (secondary N) is 1. The van der Waals surface area contributed by atoms with E-state index in [-0.39, 0.29) is 33.1 Å². The number of carbonyl (C=O) groups excluding carboxylic acids is 2. The van der Waals surface area contributed by atoms with Crippen LogP contribution in [0.4, 0.5) is 26.7 Å². The molecule has 5 rings (SSSR count). The second-order valence-electron chi connectivity index (χ2n) is 11.7. The van der Waals surface area contributed by atoms with Crippen LogP contribution in [0.25, 0.3) is 17.2 Å². The number of pyridine rings is 1. The summed E-state index contributed by atoms with van der Waals surface area (Å²) < 4.78 is 79.8. The number of benzene rings is 1. The SMILES string of the molecule is CC(C)(C)OC(=O)N1CC(F)(F)C1C(=O)NC(Cn1c(-c2ccc(Cl)cc2)nn(Cc2ncn(-c3ncccc3Cl)n2)c1=O)C(F)(F)F. The van der Waals surface area contributed by atoms with Crippen LogP contribution in [-0.2, 0) is 22.6 Å². The van der Waals surface area contributed by atoms with Gasteiger partial charge in [-0.15, -0.1) is 10.2 Å². The highest BCUT2D eigenvalue weighted by molar-refractivity contribution is 6.32. The molecule has 4 heterocycles. The van der Waals surface area contributed by atoms with Gasteiger partial charge in [0, 0.05) is 16.8 Å². The van der Waals surface area contributed by atoms with Crippen LogP contribution in [0.2, 0.25) is 10.0 Å². The molecule has 2 amide bonds. The number of alkyl halides is 5. The van der Waals surface area contributed by atoms with E-state index < -0.39 is 67.1 Å². The molecule has 48 heavy (non-hydrogen) atoms. The van der Waals surface area contributed by atoms with Crippen molar-refractivity contribution in [3.05, 3.63) is 75.3 Å². The highest BCUT2D eigenvalue weighted by Gasteiger charge is 2.62. The highest BCUT2D eigenvalue weighted by atomic mass is 35.5. The minimum absolute atomic E-state index is 0.0150. The van der Waals surface area contributed by atoms with E-state index in [0.717, 1.165) is 4.68 Å². The predicted molar refractivity (Wildman–Crippen MR) is 160 cm³/mol. The Morgan fingerprint density at radius 1 is 1.08 bits per heavy atom. The van der Waals surface area contributed by atoms with Crippen LogP contribution >= 0.6 is 23.2 Å². The molecule has 1 N–H and O–H groups in total. The van der Waals surface area contributed by atoms with Crippen LogP contribution in [0.15, 0.2) is 53.7 Å². The first kappa shape index (κ1) is 34.7. The molecule has 13 nitrogen and oxygen atoms in total. The number of carbonyl (C=O) groups is 2. The number of amides is 2. The van der Waals surface area contributed by atoms with Gasteiger partial charge in [0.15, 0.2) is 23.5 Å². The van der Waals surface area contributed by atoms with Gasteiger partial charge in [-0.05, 0) is 57.2 Å². The number of aromatic nitrogens is 7. The van der Waals surface area contributed by atoms with Gasteiger partial charge < -0.3 is 10.1 Å². The molecular weight excluding hydrogens is 692 g/mol. The largest absolute Gasteiger partial charge is 0.444 e. The quantitative estimate of drug-likeness (QED) is 0.266. The summed E-state index contributed by atoms with van der Waals surface area (Å²) in [4.78, 5) is 47.5. The van der Waals surface area contributed by atoms with Crippen molar-refractivity contribution in [1.82, 2.24) is 44.3 Å². The van der Waals surface area contributed by atoms with Crippen LogP contribution in [0.1, 0.15) is 26.6 Å². The van der Waals surface area contributed by atoms with E-state index in [1.165, 1.54) is 62.2 Å². The summed E-state index contributed by atoms with van der Waals surface area (Å²) in [6.45, 7) is 1.43. The number of halogens is 7. The summed E-state index contributed by atoms with van der Waals surface area (Å²) in [5.41, 5.74) is -2.03. The molecule has 0 radical (unpaired) electrons.